The van der Waals surface area contributed by atoms with E-state index in [2.05, 4.69) is 20.7 Å². The van der Waals surface area contributed by atoms with Crippen molar-refractivity contribution in [3.8, 4) is 0 Å². The van der Waals surface area contributed by atoms with E-state index in [1.807, 2.05) is 20.2 Å². The van der Waals surface area contributed by atoms with Crippen LogP contribution in [0, 0.1) is 0 Å². The molecule has 8 heteroatoms. The normalized spacial score (nSPS) is 10.6. The predicted molar refractivity (Wildman–Crippen MR) is 68.1 cm³/mol. The van der Waals surface area contributed by atoms with Crippen molar-refractivity contribution in [1.82, 2.24) is 24.8 Å². The van der Waals surface area contributed by atoms with E-state index in [-0.39, 0.29) is 5.69 Å². The smallest absolute Gasteiger partial charge is 0.358 e. The second-order valence-electron chi connectivity index (χ2n) is 4.12. The van der Waals surface area contributed by atoms with Gasteiger partial charge in [0.1, 0.15) is 0 Å². The van der Waals surface area contributed by atoms with Crippen molar-refractivity contribution in [2.75, 3.05) is 11.9 Å². The van der Waals surface area contributed by atoms with E-state index in [4.69, 9.17) is 5.11 Å². The molecule has 2 aromatic heterocycles. The van der Waals surface area contributed by atoms with E-state index in [1.54, 1.807) is 4.68 Å². The molecule has 0 saturated heterocycles. The maximum Gasteiger partial charge on any atom is 0.358 e. The summed E-state index contributed by atoms with van der Waals surface area (Å²) in [7, 11) is 1.88. The molecule has 0 radical (unpaired) electrons. The van der Waals surface area contributed by atoms with Gasteiger partial charge in [-0.1, -0.05) is 12.1 Å². The molecule has 0 unspecified atom stereocenters. The summed E-state index contributed by atoms with van der Waals surface area (Å²) >= 11 is 0. The Balaban J connectivity index is 1.90. The van der Waals surface area contributed by atoms with Crippen molar-refractivity contribution in [2.45, 2.75) is 19.9 Å². The number of nitrogens with one attached hydrogen (secondary N) is 1. The number of carboxylic acids is 1. The Morgan fingerprint density at radius 1 is 1.47 bits per heavy atom. The lowest BCUT2D eigenvalue weighted by molar-refractivity contribution is 0.0690. The molecule has 0 aromatic carbocycles. The Morgan fingerprint density at radius 2 is 2.26 bits per heavy atom. The van der Waals surface area contributed by atoms with Crippen LogP contribution in [0.15, 0.2) is 12.4 Å². The fourth-order valence-electron chi connectivity index (χ4n) is 1.75. The third kappa shape index (κ3) is 3.09. The van der Waals surface area contributed by atoms with E-state index in [0.717, 1.165) is 17.8 Å². The van der Waals surface area contributed by atoms with Gasteiger partial charge in [-0.3, -0.25) is 4.68 Å². The van der Waals surface area contributed by atoms with Crippen molar-refractivity contribution in [1.29, 1.82) is 0 Å². The van der Waals surface area contributed by atoms with Crippen LogP contribution >= 0.6 is 0 Å². The van der Waals surface area contributed by atoms with Crippen molar-refractivity contribution in [3.05, 3.63) is 23.8 Å². The average Bonchev–Trinajstić information content (AvgIpc) is 2.96. The molecule has 0 aliphatic heterocycles. The third-order valence-electron chi connectivity index (χ3n) is 2.65. The van der Waals surface area contributed by atoms with Gasteiger partial charge in [0.2, 0.25) is 0 Å². The molecule has 0 spiro atoms. The van der Waals surface area contributed by atoms with Crippen molar-refractivity contribution >= 4 is 11.7 Å². The number of carbonyl (C=O) groups is 1. The highest BCUT2D eigenvalue weighted by atomic mass is 16.4. The number of carboxylic acid groups (broad SMARTS) is 1. The van der Waals surface area contributed by atoms with E-state index < -0.39 is 5.97 Å². The molecule has 8 nitrogen and oxygen atoms in total. The fourth-order valence-corrected chi connectivity index (χ4v) is 1.75. The third-order valence-corrected chi connectivity index (χ3v) is 2.65. The molecule has 102 valence electrons. The quantitative estimate of drug-likeness (QED) is 0.783. The minimum Gasteiger partial charge on any atom is -0.476 e. The molecule has 2 N–H and O–H groups in total. The Kier molecular flexibility index (Phi) is 3.79. The standard InChI is InChI=1S/C11H16N6O2/c1-3-8-9(6-16(2)14-8)12-4-5-17-7-10(11(18)19)13-15-17/h6-7,12H,3-5H2,1-2H3,(H,18,19). The zero-order chi connectivity index (χ0) is 13.8. The molecule has 0 amide bonds. The highest BCUT2D eigenvalue weighted by molar-refractivity contribution is 5.84. The lowest BCUT2D eigenvalue weighted by Gasteiger charge is -2.04. The summed E-state index contributed by atoms with van der Waals surface area (Å²) in [4.78, 5) is 10.7. The number of anilines is 1. The first-order chi connectivity index (χ1) is 9.10. The van der Waals surface area contributed by atoms with Crippen LogP contribution in [0.1, 0.15) is 23.1 Å². The van der Waals surface area contributed by atoms with Crippen LogP contribution in [0.4, 0.5) is 5.69 Å². The van der Waals surface area contributed by atoms with Crippen LogP contribution in [0.5, 0.6) is 0 Å². The number of aromatic nitrogens is 5. The average molecular weight is 264 g/mol. The highest BCUT2D eigenvalue weighted by Crippen LogP contribution is 2.12. The molecule has 2 heterocycles. The summed E-state index contributed by atoms with van der Waals surface area (Å²) in [6.45, 7) is 3.21. The maximum atomic E-state index is 10.7. The molecule has 2 rings (SSSR count). The first kappa shape index (κ1) is 13.1. The molecule has 0 fully saturated rings. The van der Waals surface area contributed by atoms with Crippen LogP contribution in [-0.2, 0) is 20.0 Å². The Bertz CT molecular complexity index is 574. The molecule has 0 saturated carbocycles. The number of rotatable bonds is 6. The Morgan fingerprint density at radius 3 is 2.89 bits per heavy atom. The fraction of sp³-hybridized carbons (Fsp3) is 0.455. The summed E-state index contributed by atoms with van der Waals surface area (Å²) in [6, 6.07) is 0. The number of hydrogen-bond donors (Lipinski definition) is 2. The molecule has 0 bridgehead atoms. The minimum atomic E-state index is -1.07. The van der Waals surface area contributed by atoms with Crippen molar-refractivity contribution in [2.24, 2.45) is 7.05 Å². The first-order valence-electron chi connectivity index (χ1n) is 6.00. The monoisotopic (exact) mass is 264 g/mol. The van der Waals surface area contributed by atoms with Crippen LogP contribution in [0.2, 0.25) is 0 Å². The van der Waals surface area contributed by atoms with Crippen LogP contribution < -0.4 is 5.32 Å². The van der Waals surface area contributed by atoms with Gasteiger partial charge in [-0.15, -0.1) is 5.10 Å². The minimum absolute atomic E-state index is 0.0457. The van der Waals surface area contributed by atoms with Gasteiger partial charge in [0.25, 0.3) is 0 Å². The second kappa shape index (κ2) is 5.51. The number of nitrogens with zero attached hydrogens (tertiary/aromatic N) is 5. The topological polar surface area (TPSA) is 97.9 Å². The molecule has 0 aliphatic carbocycles. The van der Waals surface area contributed by atoms with Gasteiger partial charge in [-0.2, -0.15) is 5.10 Å². The maximum absolute atomic E-state index is 10.7. The van der Waals surface area contributed by atoms with E-state index in [9.17, 15) is 4.79 Å². The number of hydrogen-bond acceptors (Lipinski definition) is 5. The number of aromatic carboxylic acids is 1. The second-order valence-corrected chi connectivity index (χ2v) is 4.12. The van der Waals surface area contributed by atoms with Gasteiger partial charge in [0.05, 0.1) is 24.1 Å². The van der Waals surface area contributed by atoms with Crippen molar-refractivity contribution in [3.63, 3.8) is 0 Å². The SMILES string of the molecule is CCc1nn(C)cc1NCCn1cc(C(=O)O)nn1. The van der Waals surface area contributed by atoms with Crippen LogP contribution in [0.25, 0.3) is 0 Å². The molecular weight excluding hydrogens is 248 g/mol. The summed E-state index contributed by atoms with van der Waals surface area (Å²) < 4.78 is 3.26. The van der Waals surface area contributed by atoms with Gasteiger partial charge in [-0.25, -0.2) is 9.48 Å². The van der Waals surface area contributed by atoms with Crippen LogP contribution in [-0.4, -0.2) is 42.4 Å². The first-order valence-corrected chi connectivity index (χ1v) is 6.00. The zero-order valence-corrected chi connectivity index (χ0v) is 10.9. The number of aryl methyl sites for hydroxylation is 2. The predicted octanol–water partition coefficient (Wildman–Crippen LogP) is 0.384. The summed E-state index contributed by atoms with van der Waals surface area (Å²) in [5.41, 5.74) is 1.95. The summed E-state index contributed by atoms with van der Waals surface area (Å²) in [6.07, 6.45) is 4.19. The Hall–Kier alpha value is -2.38. The highest BCUT2D eigenvalue weighted by Gasteiger charge is 2.08. The molecular formula is C11H16N6O2. The molecule has 19 heavy (non-hydrogen) atoms. The zero-order valence-electron chi connectivity index (χ0n) is 10.9. The van der Waals surface area contributed by atoms with E-state index in [1.165, 1.54) is 10.9 Å². The van der Waals surface area contributed by atoms with Crippen LogP contribution in [0.3, 0.4) is 0 Å². The summed E-state index contributed by atoms with van der Waals surface area (Å²) in [5, 5.41) is 23.6. The van der Waals surface area contributed by atoms with Gasteiger partial charge in [-0.05, 0) is 6.42 Å². The lowest BCUT2D eigenvalue weighted by Crippen LogP contribution is -2.11. The van der Waals surface area contributed by atoms with E-state index >= 15 is 0 Å². The summed E-state index contributed by atoms with van der Waals surface area (Å²) in [5.74, 6) is -1.07. The van der Waals surface area contributed by atoms with Crippen molar-refractivity contribution < 1.29 is 9.90 Å². The molecule has 2 aromatic rings. The van der Waals surface area contributed by atoms with E-state index in [0.29, 0.717) is 13.1 Å². The largest absolute Gasteiger partial charge is 0.476 e. The van der Waals surface area contributed by atoms with Gasteiger partial charge in [0, 0.05) is 19.8 Å². The van der Waals surface area contributed by atoms with Gasteiger partial charge >= 0.3 is 5.97 Å². The Labute approximate surface area is 110 Å². The van der Waals surface area contributed by atoms with Gasteiger partial charge in [0.15, 0.2) is 5.69 Å². The lowest BCUT2D eigenvalue weighted by atomic mass is 10.3. The molecule has 0 aliphatic rings. The molecule has 0 atom stereocenters. The van der Waals surface area contributed by atoms with Gasteiger partial charge < -0.3 is 10.4 Å².